The van der Waals surface area contributed by atoms with Crippen molar-refractivity contribution in [1.29, 1.82) is 0 Å². The first-order chi connectivity index (χ1) is 51.4. The van der Waals surface area contributed by atoms with E-state index in [1.807, 2.05) is 103 Å². The summed E-state index contributed by atoms with van der Waals surface area (Å²) >= 11 is 0. The molecule has 15 aromatic rings. The molecule has 0 fully saturated rings. The van der Waals surface area contributed by atoms with Crippen LogP contribution in [-0.2, 0) is 16.2 Å². The molecule has 2 aliphatic heterocycles. The monoisotopic (exact) mass is 1240 g/mol. The number of anilines is 6. The smallest absolute Gasteiger partial charge is 0.252 e. The summed E-state index contributed by atoms with van der Waals surface area (Å²) in [6.07, 6.45) is 0. The SMILES string of the molecule is [2H]c1c([2H])c([2H])c(-c2ccc3c(c2)B2c4ccc(-n5c6c([2H])c([2H])c([2H])c([2H])c6c6c([2H])c([2H])c([2H])c([2H])c65)cc4N(c4c(-c5ccccc5)cc(C(C)(C)C)cc4-c4ccccc4)c4cc(C(C)(C)C)cc(c42)N3c2c(-c3ccccc3)cc(C(C)(C)C)cc2-c2cccc3oc4ccccc4c23)c([2H])c1[2H]. The van der Waals surface area contributed by atoms with Crippen molar-refractivity contribution < 1.29 is 22.2 Å². The van der Waals surface area contributed by atoms with Gasteiger partial charge in [-0.25, -0.2) is 0 Å². The molecule has 0 saturated carbocycles. The van der Waals surface area contributed by atoms with Crippen LogP contribution >= 0.6 is 0 Å². The molecule has 0 N–H and O–H groups in total. The van der Waals surface area contributed by atoms with Gasteiger partial charge in [-0.15, -0.1) is 0 Å². The zero-order chi connectivity index (χ0) is 76.0. The number of para-hydroxylation sites is 3. The van der Waals surface area contributed by atoms with Gasteiger partial charge in [0.1, 0.15) is 11.2 Å². The van der Waals surface area contributed by atoms with Crippen molar-refractivity contribution in [3.8, 4) is 61.3 Å². The van der Waals surface area contributed by atoms with Crippen LogP contribution in [0.4, 0.5) is 34.1 Å². The van der Waals surface area contributed by atoms with Crippen LogP contribution in [0.3, 0.4) is 0 Å². The fraction of sp³-hybridized carbons (Fsp3) is 0.133. The average Bonchev–Trinajstić information content (AvgIpc) is 0.992. The molecule has 4 heterocycles. The van der Waals surface area contributed by atoms with E-state index in [1.54, 1.807) is 4.57 Å². The fourth-order valence-electron chi connectivity index (χ4n) is 14.6. The summed E-state index contributed by atoms with van der Waals surface area (Å²) in [5.74, 6) is 0. The van der Waals surface area contributed by atoms with E-state index in [4.69, 9.17) is 11.3 Å². The van der Waals surface area contributed by atoms with E-state index in [0.717, 1.165) is 122 Å². The van der Waals surface area contributed by atoms with E-state index in [2.05, 4.69) is 175 Å². The van der Waals surface area contributed by atoms with Crippen molar-refractivity contribution in [3.05, 3.63) is 301 Å². The van der Waals surface area contributed by atoms with Crippen LogP contribution in [0.2, 0.25) is 0 Å². The number of aromatic nitrogens is 1. The van der Waals surface area contributed by atoms with E-state index in [9.17, 15) is 11.0 Å². The highest BCUT2D eigenvalue weighted by atomic mass is 16.3. The minimum absolute atomic E-state index is 0.0237. The Morgan fingerprint density at radius 2 is 0.821 bits per heavy atom. The number of benzene rings is 13. The second-order valence-corrected chi connectivity index (χ2v) is 28.3. The average molecular weight is 1240 g/mol. The Balaban J connectivity index is 1.11. The van der Waals surface area contributed by atoms with Gasteiger partial charge in [-0.2, -0.15) is 0 Å². The minimum Gasteiger partial charge on any atom is -0.456 e. The molecule has 0 atom stereocenters. The molecule has 0 radical (unpaired) electrons. The van der Waals surface area contributed by atoms with Crippen LogP contribution in [-0.4, -0.2) is 11.3 Å². The number of hydrogen-bond acceptors (Lipinski definition) is 3. The van der Waals surface area contributed by atoms with Gasteiger partial charge >= 0.3 is 0 Å². The number of furan rings is 1. The van der Waals surface area contributed by atoms with Gasteiger partial charge in [0.25, 0.3) is 6.71 Å². The lowest BCUT2D eigenvalue weighted by molar-refractivity contribution is 0.590. The predicted octanol–water partition coefficient (Wildman–Crippen LogP) is 23.0. The first-order valence-electron chi connectivity index (χ1n) is 39.0. The van der Waals surface area contributed by atoms with E-state index in [1.165, 1.54) is 0 Å². The molecular formula is C90H74BN3O. The lowest BCUT2D eigenvalue weighted by Crippen LogP contribution is -2.61. The Morgan fingerprint density at radius 3 is 1.39 bits per heavy atom. The van der Waals surface area contributed by atoms with Gasteiger partial charge in [-0.3, -0.25) is 0 Å². The van der Waals surface area contributed by atoms with E-state index >= 15 is 0 Å². The fourth-order valence-corrected chi connectivity index (χ4v) is 14.6. The highest BCUT2D eigenvalue weighted by Gasteiger charge is 2.47. The molecule has 0 unspecified atom stereocenters. The standard InChI is InChI=1S/C90H74BN3O/c1-88(2,3)62-50-70(58-31-16-11-17-32-58)86(71(51-62)59-33-18-12-19-34-59)94-79-56-65(92-76-41-25-22-37-66(76)67-38-23-26-42-77(67)92)46-47-74(79)91-75-49-61(57-29-14-10-15-30-57)45-48-78(75)93(80-54-64(90(7,8)9)55-81(94)85(80)91)87-72(60-35-20-13-21-36-60)52-63(89(4,5)6)53-73(87)68-40-28-44-83-84(68)69-39-24-27-43-82(69)95-83/h10-56H,1-9H3/i10D,14D,15D,22D,23D,25D,26D,29D,30D,37D,38D,41D,42D. The maximum absolute atomic E-state index is 9.82. The first-order valence-corrected chi connectivity index (χ1v) is 32.5. The highest BCUT2D eigenvalue weighted by Crippen LogP contribution is 2.56. The van der Waals surface area contributed by atoms with Crippen molar-refractivity contribution in [1.82, 2.24) is 4.57 Å². The Kier molecular flexibility index (Phi) is 10.5. The topological polar surface area (TPSA) is 24.6 Å². The summed E-state index contributed by atoms with van der Waals surface area (Å²) in [5.41, 5.74) is 18.1. The van der Waals surface area contributed by atoms with Gasteiger partial charge in [0.2, 0.25) is 0 Å². The van der Waals surface area contributed by atoms with Crippen LogP contribution < -0.4 is 26.2 Å². The molecule has 0 amide bonds. The predicted molar refractivity (Wildman–Crippen MR) is 405 cm³/mol. The van der Waals surface area contributed by atoms with Crippen molar-refractivity contribution >= 4 is 101 Å². The summed E-state index contributed by atoms with van der Waals surface area (Å²) in [4.78, 5) is 4.76. The second kappa shape index (κ2) is 21.9. The summed E-state index contributed by atoms with van der Waals surface area (Å²) in [5, 5.41) is 1.77. The lowest BCUT2D eigenvalue weighted by atomic mass is 9.33. The molecule has 0 spiro atoms. The van der Waals surface area contributed by atoms with Crippen LogP contribution in [0.15, 0.2) is 289 Å². The quantitative estimate of drug-likeness (QED) is 0.142. The second-order valence-electron chi connectivity index (χ2n) is 28.3. The minimum atomic E-state index is -0.763. The highest BCUT2D eigenvalue weighted by molar-refractivity contribution is 7.00. The van der Waals surface area contributed by atoms with Gasteiger partial charge < -0.3 is 18.8 Å². The van der Waals surface area contributed by atoms with Crippen LogP contribution in [0.25, 0.3) is 105 Å². The Bertz CT molecular complexity index is 6200. The van der Waals surface area contributed by atoms with Gasteiger partial charge in [0.15, 0.2) is 0 Å². The van der Waals surface area contributed by atoms with Crippen molar-refractivity contribution in [2.75, 3.05) is 9.80 Å². The van der Waals surface area contributed by atoms with Crippen molar-refractivity contribution in [2.45, 2.75) is 78.6 Å². The molecule has 458 valence electrons. The van der Waals surface area contributed by atoms with Crippen molar-refractivity contribution in [3.63, 3.8) is 0 Å². The number of rotatable bonds is 8. The molecule has 2 aromatic heterocycles. The Hall–Kier alpha value is -10.9. The van der Waals surface area contributed by atoms with E-state index < -0.39 is 89.4 Å². The van der Waals surface area contributed by atoms with Gasteiger partial charge in [-0.05, 0) is 162 Å². The van der Waals surface area contributed by atoms with Crippen LogP contribution in [0.5, 0.6) is 0 Å². The van der Waals surface area contributed by atoms with Crippen molar-refractivity contribution in [2.24, 2.45) is 0 Å². The van der Waals surface area contributed by atoms with Gasteiger partial charge in [0.05, 0.1) is 40.2 Å². The number of nitrogens with zero attached hydrogens (tertiary/aromatic N) is 3. The van der Waals surface area contributed by atoms with Gasteiger partial charge in [-0.1, -0.05) is 268 Å². The zero-order valence-electron chi connectivity index (χ0n) is 67.5. The molecule has 2 aliphatic rings. The molecular weight excluding hydrogens is 1150 g/mol. The number of fused-ring (bicyclic) bond motifs is 10. The molecule has 0 aliphatic carbocycles. The first kappa shape index (κ1) is 45.4. The molecule has 0 bridgehead atoms. The summed E-state index contributed by atoms with van der Waals surface area (Å²) in [7, 11) is 0. The van der Waals surface area contributed by atoms with Gasteiger partial charge in [0, 0.05) is 72.2 Å². The number of hydrogen-bond donors (Lipinski definition) is 0. The zero-order valence-corrected chi connectivity index (χ0v) is 54.5. The van der Waals surface area contributed by atoms with E-state index in [-0.39, 0.29) is 39.5 Å². The molecule has 17 rings (SSSR count). The maximum Gasteiger partial charge on any atom is 0.252 e. The Labute approximate surface area is 576 Å². The normalized spacial score (nSPS) is 15.0. The summed E-state index contributed by atoms with van der Waals surface area (Å²) in [6, 6.07) is 65.0. The third-order valence-electron chi connectivity index (χ3n) is 19.3. The summed E-state index contributed by atoms with van der Waals surface area (Å²) < 4.78 is 130. The van der Waals surface area contributed by atoms with Crippen LogP contribution in [0, 0.1) is 0 Å². The summed E-state index contributed by atoms with van der Waals surface area (Å²) in [6.45, 7) is 19.2. The largest absolute Gasteiger partial charge is 0.456 e. The third-order valence-corrected chi connectivity index (χ3v) is 19.3. The molecule has 5 heteroatoms. The van der Waals surface area contributed by atoms with E-state index in [0.29, 0.717) is 22.5 Å². The Morgan fingerprint density at radius 1 is 0.337 bits per heavy atom. The van der Waals surface area contributed by atoms with Crippen LogP contribution in [0.1, 0.15) is 96.8 Å². The molecule has 95 heavy (non-hydrogen) atoms. The molecule has 4 nitrogen and oxygen atoms in total. The lowest BCUT2D eigenvalue weighted by Gasteiger charge is -2.47. The molecule has 0 saturated heterocycles. The third kappa shape index (κ3) is 9.49. The molecule has 13 aromatic carbocycles. The maximum atomic E-state index is 9.82.